The number of aliphatic imine (C=N–C) groups is 1. The van der Waals surface area contributed by atoms with Gasteiger partial charge in [0.25, 0.3) is 5.91 Å². The van der Waals surface area contributed by atoms with Crippen LogP contribution >= 0.6 is 24.2 Å². The predicted octanol–water partition coefficient (Wildman–Crippen LogP) is 3.74. The third-order valence-corrected chi connectivity index (χ3v) is 5.86. The van der Waals surface area contributed by atoms with Crippen molar-refractivity contribution in [2.45, 2.75) is 32.1 Å². The zero-order valence-electron chi connectivity index (χ0n) is 17.5. The highest BCUT2D eigenvalue weighted by molar-refractivity contribution is 8.18. The molecule has 8 nitrogen and oxygen atoms in total. The molecule has 0 unspecified atom stereocenters. The number of amidine groups is 1. The Kier molecular flexibility index (Phi) is 10.2. The highest BCUT2D eigenvalue weighted by Gasteiger charge is 2.34. The molecule has 31 heavy (non-hydrogen) atoms. The first-order valence-corrected chi connectivity index (χ1v) is 10.9. The van der Waals surface area contributed by atoms with Gasteiger partial charge in [0.2, 0.25) is 0 Å². The lowest BCUT2D eigenvalue weighted by Crippen LogP contribution is -2.31. The monoisotopic (exact) mass is 469 g/mol. The van der Waals surface area contributed by atoms with Crippen molar-refractivity contribution in [2.75, 3.05) is 38.7 Å². The van der Waals surface area contributed by atoms with Crippen LogP contribution in [-0.4, -0.2) is 60.5 Å². The van der Waals surface area contributed by atoms with Crippen LogP contribution in [0.4, 0.5) is 5.69 Å². The number of hydrogen-bond acceptors (Lipinski definition) is 7. The van der Waals surface area contributed by atoms with Gasteiger partial charge in [0.15, 0.2) is 5.17 Å². The van der Waals surface area contributed by atoms with Crippen LogP contribution in [0.1, 0.15) is 32.1 Å². The van der Waals surface area contributed by atoms with Crippen molar-refractivity contribution >= 4 is 46.9 Å². The molecular formula is C21H28ClN3O5S. The van der Waals surface area contributed by atoms with Gasteiger partial charge in [-0.15, -0.1) is 12.4 Å². The first kappa shape index (κ1) is 25.0. The number of halogens is 1. The van der Waals surface area contributed by atoms with Gasteiger partial charge in [-0.05, 0) is 61.7 Å². The van der Waals surface area contributed by atoms with E-state index in [1.807, 2.05) is 12.1 Å². The standard InChI is InChI=1S/C21H27N3O5S.ClH/c1-28-14-17-19(30-21-22-11-5-12-24(17)21)20(27)23-15-7-9-16(10-8-15)29-13-4-2-3-6-18(25)26;/h7-10H,2-6,11-14H2,1H3,(H,23,27)(H,25,26);1H. The maximum absolute atomic E-state index is 12.8. The van der Waals surface area contributed by atoms with Crippen molar-refractivity contribution in [3.05, 3.63) is 34.9 Å². The number of carbonyl (C=O) groups excluding carboxylic acids is 1. The summed E-state index contributed by atoms with van der Waals surface area (Å²) in [6.45, 7) is 2.54. The molecule has 0 spiro atoms. The minimum Gasteiger partial charge on any atom is -0.494 e. The van der Waals surface area contributed by atoms with Gasteiger partial charge in [-0.3, -0.25) is 14.6 Å². The smallest absolute Gasteiger partial charge is 0.303 e. The molecule has 0 saturated carbocycles. The van der Waals surface area contributed by atoms with Crippen LogP contribution < -0.4 is 10.1 Å². The molecule has 10 heteroatoms. The molecule has 1 aromatic carbocycles. The van der Waals surface area contributed by atoms with Crippen LogP contribution in [0.15, 0.2) is 39.9 Å². The average Bonchev–Trinajstić information content (AvgIpc) is 3.11. The van der Waals surface area contributed by atoms with E-state index in [4.69, 9.17) is 14.6 Å². The van der Waals surface area contributed by atoms with Crippen molar-refractivity contribution < 1.29 is 24.2 Å². The summed E-state index contributed by atoms with van der Waals surface area (Å²) in [6, 6.07) is 7.23. The first-order chi connectivity index (χ1) is 14.6. The van der Waals surface area contributed by atoms with E-state index < -0.39 is 5.97 Å². The number of nitrogens with zero attached hydrogens (tertiary/aromatic N) is 2. The maximum atomic E-state index is 12.8. The fourth-order valence-electron chi connectivity index (χ4n) is 3.22. The molecule has 2 heterocycles. The van der Waals surface area contributed by atoms with E-state index in [9.17, 15) is 9.59 Å². The fraction of sp³-hybridized carbons (Fsp3) is 0.476. The van der Waals surface area contributed by atoms with Crippen molar-refractivity contribution in [2.24, 2.45) is 4.99 Å². The Bertz CT molecular complexity index is 829. The predicted molar refractivity (Wildman–Crippen MR) is 124 cm³/mol. The number of carboxylic acid groups (broad SMARTS) is 1. The molecule has 3 rings (SSSR count). The average molecular weight is 470 g/mol. The summed E-state index contributed by atoms with van der Waals surface area (Å²) in [5.74, 6) is -0.220. The molecule has 1 aromatic rings. The van der Waals surface area contributed by atoms with Crippen molar-refractivity contribution in [3.8, 4) is 5.75 Å². The molecule has 170 valence electrons. The molecule has 0 saturated heterocycles. The summed E-state index contributed by atoms with van der Waals surface area (Å²) in [7, 11) is 1.62. The van der Waals surface area contributed by atoms with Gasteiger partial charge in [-0.2, -0.15) is 0 Å². The number of unbranched alkanes of at least 4 members (excludes halogenated alkanes) is 2. The molecule has 1 amide bonds. The second-order valence-electron chi connectivity index (χ2n) is 7.01. The van der Waals surface area contributed by atoms with Crippen LogP contribution in [0.5, 0.6) is 5.75 Å². The van der Waals surface area contributed by atoms with Crippen LogP contribution in [-0.2, 0) is 14.3 Å². The molecule has 0 bridgehead atoms. The molecule has 2 aliphatic rings. The number of carboxylic acids is 1. The Balaban J connectivity index is 0.00000341. The number of nitrogens with one attached hydrogen (secondary N) is 1. The van der Waals surface area contributed by atoms with Crippen molar-refractivity contribution in [3.63, 3.8) is 0 Å². The van der Waals surface area contributed by atoms with Gasteiger partial charge in [-0.1, -0.05) is 0 Å². The third-order valence-electron chi connectivity index (χ3n) is 4.70. The molecular weight excluding hydrogens is 442 g/mol. The Morgan fingerprint density at radius 2 is 2.00 bits per heavy atom. The highest BCUT2D eigenvalue weighted by Crippen LogP contribution is 2.37. The van der Waals surface area contributed by atoms with Crippen molar-refractivity contribution in [1.29, 1.82) is 0 Å². The number of fused-ring (bicyclic) bond motifs is 1. The number of thioether (sulfide) groups is 1. The van der Waals surface area contributed by atoms with Gasteiger partial charge in [0.05, 0.1) is 18.9 Å². The van der Waals surface area contributed by atoms with E-state index in [0.717, 1.165) is 43.2 Å². The Morgan fingerprint density at radius 3 is 2.71 bits per heavy atom. The largest absolute Gasteiger partial charge is 0.494 e. The molecule has 0 aliphatic carbocycles. The fourth-order valence-corrected chi connectivity index (χ4v) is 4.30. The number of aliphatic carboxylic acids is 1. The number of carbonyl (C=O) groups is 2. The highest BCUT2D eigenvalue weighted by atomic mass is 35.5. The maximum Gasteiger partial charge on any atom is 0.303 e. The molecule has 0 aromatic heterocycles. The van der Waals surface area contributed by atoms with E-state index in [-0.39, 0.29) is 24.7 Å². The number of anilines is 1. The molecule has 2 aliphatic heterocycles. The Labute approximate surface area is 192 Å². The summed E-state index contributed by atoms with van der Waals surface area (Å²) in [5, 5.41) is 12.4. The van der Waals surface area contributed by atoms with Gasteiger partial charge in [-0.25, -0.2) is 0 Å². The summed E-state index contributed by atoms with van der Waals surface area (Å²) < 4.78 is 11.0. The van der Waals surface area contributed by atoms with Crippen LogP contribution in [0.2, 0.25) is 0 Å². The van der Waals surface area contributed by atoms with Gasteiger partial charge >= 0.3 is 5.97 Å². The molecule has 2 N–H and O–H groups in total. The lowest BCUT2D eigenvalue weighted by Gasteiger charge is -2.24. The minimum atomic E-state index is -0.765. The zero-order chi connectivity index (χ0) is 21.3. The van der Waals surface area contributed by atoms with E-state index >= 15 is 0 Å². The number of benzene rings is 1. The van der Waals surface area contributed by atoms with Gasteiger partial charge in [0, 0.05) is 32.3 Å². The summed E-state index contributed by atoms with van der Waals surface area (Å²) >= 11 is 1.39. The summed E-state index contributed by atoms with van der Waals surface area (Å²) in [4.78, 5) is 30.5. The van der Waals surface area contributed by atoms with Gasteiger partial charge in [0.1, 0.15) is 10.7 Å². The number of amides is 1. The number of methoxy groups -OCH3 is 1. The summed E-state index contributed by atoms with van der Waals surface area (Å²) in [5.41, 5.74) is 1.55. The zero-order valence-corrected chi connectivity index (χ0v) is 19.1. The number of ether oxygens (including phenoxy) is 2. The number of hydrogen-bond donors (Lipinski definition) is 2. The summed E-state index contributed by atoms with van der Waals surface area (Å²) in [6.07, 6.45) is 3.44. The van der Waals surface area contributed by atoms with E-state index in [0.29, 0.717) is 36.0 Å². The van der Waals surface area contributed by atoms with Crippen LogP contribution in [0.3, 0.4) is 0 Å². The Morgan fingerprint density at radius 1 is 1.23 bits per heavy atom. The number of rotatable bonds is 11. The van der Waals surface area contributed by atoms with Gasteiger partial charge < -0.3 is 24.8 Å². The topological polar surface area (TPSA) is 100 Å². The SMILES string of the molecule is COCC1=C(C(=O)Nc2ccc(OCCCCCC(=O)O)cc2)SC2=NCCCN21.Cl. The second-order valence-corrected chi connectivity index (χ2v) is 7.99. The van der Waals surface area contributed by atoms with E-state index in [1.165, 1.54) is 11.8 Å². The van der Waals surface area contributed by atoms with E-state index in [1.54, 1.807) is 19.2 Å². The third kappa shape index (κ3) is 7.15. The second kappa shape index (κ2) is 12.6. The Hall–Kier alpha value is -2.23. The molecule has 0 atom stereocenters. The normalized spacial score (nSPS) is 15.1. The van der Waals surface area contributed by atoms with Crippen LogP contribution in [0, 0.1) is 0 Å². The van der Waals surface area contributed by atoms with E-state index in [2.05, 4.69) is 15.2 Å². The minimum absolute atomic E-state index is 0. The molecule has 0 radical (unpaired) electrons. The first-order valence-electron chi connectivity index (χ1n) is 10.1. The molecule has 0 fully saturated rings. The quantitative estimate of drug-likeness (QED) is 0.476. The lowest BCUT2D eigenvalue weighted by molar-refractivity contribution is -0.137. The van der Waals surface area contributed by atoms with Crippen LogP contribution in [0.25, 0.3) is 0 Å². The van der Waals surface area contributed by atoms with Crippen molar-refractivity contribution in [1.82, 2.24) is 4.90 Å². The lowest BCUT2D eigenvalue weighted by atomic mass is 10.2.